The van der Waals surface area contributed by atoms with Crippen molar-refractivity contribution >= 4 is 30.4 Å². The zero-order valence-electron chi connectivity index (χ0n) is 3.90. The van der Waals surface area contributed by atoms with Gasteiger partial charge in [-0.05, 0) is 12.5 Å². The van der Waals surface area contributed by atoms with Gasteiger partial charge in [0.15, 0.2) is 0 Å². The number of hydrogen-bond acceptors (Lipinski definition) is 2. The van der Waals surface area contributed by atoms with Crippen molar-refractivity contribution in [3.05, 3.63) is 9.94 Å². The Bertz CT molecular complexity index is 104. The molecule has 0 bridgehead atoms. The quantitative estimate of drug-likeness (QED) is 0.406. The molecule has 0 heterocycles. The lowest BCUT2D eigenvalue weighted by molar-refractivity contribution is 1.51. The Morgan fingerprint density at radius 3 is 2.29 bits per heavy atom. The highest BCUT2D eigenvalue weighted by Crippen LogP contribution is 2.09. The highest BCUT2D eigenvalue weighted by molar-refractivity contribution is 7.86. The van der Waals surface area contributed by atoms with Crippen molar-refractivity contribution in [2.75, 3.05) is 0 Å². The molecule has 0 aliphatic rings. The van der Waals surface area contributed by atoms with E-state index in [2.05, 4.69) is 12.6 Å². The van der Waals surface area contributed by atoms with Crippen LogP contribution in [0.2, 0.25) is 0 Å². The fraction of sp³-hybridized carbons (Fsp3) is 0.250. The highest BCUT2D eigenvalue weighted by Gasteiger charge is 1.84. The van der Waals surface area contributed by atoms with Gasteiger partial charge in [0.25, 0.3) is 0 Å². The highest BCUT2D eigenvalue weighted by atomic mass is 35.5. The van der Waals surface area contributed by atoms with E-state index >= 15 is 0 Å². The second-order valence-electron chi connectivity index (χ2n) is 1.12. The van der Waals surface area contributed by atoms with E-state index in [1.54, 1.807) is 6.92 Å². The van der Waals surface area contributed by atoms with Gasteiger partial charge in [0.2, 0.25) is 0 Å². The van der Waals surface area contributed by atoms with Crippen LogP contribution in [0, 0.1) is 5.41 Å². The van der Waals surface area contributed by atoms with Crippen LogP contribution in [0.15, 0.2) is 9.94 Å². The summed E-state index contributed by atoms with van der Waals surface area (Å²) in [6, 6.07) is 0. The molecule has 0 rings (SSSR count). The van der Waals surface area contributed by atoms with E-state index in [-0.39, 0.29) is 0 Å². The molecule has 0 fully saturated rings. The van der Waals surface area contributed by atoms with Crippen molar-refractivity contribution in [3.63, 3.8) is 0 Å². The molecule has 0 aliphatic carbocycles. The van der Waals surface area contributed by atoms with E-state index < -0.39 is 0 Å². The van der Waals surface area contributed by atoms with E-state index in [4.69, 9.17) is 17.0 Å². The maximum atomic E-state index is 6.62. The number of nitrogens with one attached hydrogen (secondary N) is 1. The summed E-state index contributed by atoms with van der Waals surface area (Å²) in [7, 11) is 0. The van der Waals surface area contributed by atoms with E-state index in [0.717, 1.165) is 6.21 Å². The Balaban J connectivity index is 3.98. The SMILES string of the molecule is C/C(C=N)=C(/S)Cl. The van der Waals surface area contributed by atoms with Crippen LogP contribution in [0.4, 0.5) is 0 Å². The van der Waals surface area contributed by atoms with E-state index in [1.165, 1.54) is 0 Å². The normalized spacial score (nSPS) is 13.0. The number of hydrogen-bond donors (Lipinski definition) is 2. The summed E-state index contributed by atoms with van der Waals surface area (Å²) in [5.74, 6) is 0. The zero-order chi connectivity index (χ0) is 5.86. The Kier molecular flexibility index (Phi) is 3.13. The molecule has 0 aliphatic heterocycles. The fourth-order valence-electron chi connectivity index (χ4n) is 0.0596. The molecule has 40 valence electrons. The minimum atomic E-state index is 0.384. The molecule has 0 atom stereocenters. The van der Waals surface area contributed by atoms with Crippen LogP contribution in [-0.4, -0.2) is 6.21 Å². The maximum absolute atomic E-state index is 6.62. The summed E-state index contributed by atoms with van der Waals surface area (Å²) in [5.41, 5.74) is 0.685. The number of rotatable bonds is 1. The van der Waals surface area contributed by atoms with Crippen LogP contribution in [0.25, 0.3) is 0 Å². The van der Waals surface area contributed by atoms with Crippen molar-refractivity contribution in [3.8, 4) is 0 Å². The molecule has 0 radical (unpaired) electrons. The summed E-state index contributed by atoms with van der Waals surface area (Å²) < 4.78 is 0.384. The molecular formula is C4H6ClNS. The summed E-state index contributed by atoms with van der Waals surface area (Å²) >= 11 is 9.09. The summed E-state index contributed by atoms with van der Waals surface area (Å²) in [6.07, 6.45) is 1.16. The smallest absolute Gasteiger partial charge is 0.0748 e. The third kappa shape index (κ3) is 2.71. The lowest BCUT2D eigenvalue weighted by Gasteiger charge is -1.85. The maximum Gasteiger partial charge on any atom is 0.0748 e. The van der Waals surface area contributed by atoms with E-state index in [1.807, 2.05) is 0 Å². The molecule has 1 nitrogen and oxygen atoms in total. The molecule has 0 aromatic carbocycles. The van der Waals surface area contributed by atoms with Gasteiger partial charge in [-0.1, -0.05) is 11.6 Å². The lowest BCUT2D eigenvalue weighted by Crippen LogP contribution is -1.72. The molecule has 3 heteroatoms. The first kappa shape index (κ1) is 7.05. The Hall–Kier alpha value is 0.0500. The topological polar surface area (TPSA) is 23.9 Å². The molecule has 0 saturated heterocycles. The van der Waals surface area contributed by atoms with Gasteiger partial charge in [-0.15, -0.1) is 12.6 Å². The molecular weight excluding hydrogens is 130 g/mol. The molecule has 1 N–H and O–H groups in total. The van der Waals surface area contributed by atoms with Crippen LogP contribution in [-0.2, 0) is 0 Å². The second kappa shape index (κ2) is 3.10. The Morgan fingerprint density at radius 1 is 1.86 bits per heavy atom. The average molecular weight is 136 g/mol. The Labute approximate surface area is 53.3 Å². The molecule has 0 aromatic heterocycles. The molecule has 7 heavy (non-hydrogen) atoms. The van der Waals surface area contributed by atoms with E-state index in [9.17, 15) is 0 Å². The van der Waals surface area contributed by atoms with Crippen LogP contribution in [0.5, 0.6) is 0 Å². The Morgan fingerprint density at radius 2 is 2.29 bits per heavy atom. The minimum Gasteiger partial charge on any atom is -0.308 e. The molecule has 0 unspecified atom stereocenters. The first-order chi connectivity index (χ1) is 3.18. The standard InChI is InChI=1S/C4H6ClNS/c1-3(2-6)4(5)7/h2,6-7H,1H3/b4-3-,6-2?. The summed E-state index contributed by atoms with van der Waals surface area (Å²) in [5, 5.41) is 6.62. The largest absolute Gasteiger partial charge is 0.308 e. The van der Waals surface area contributed by atoms with Gasteiger partial charge in [0.05, 0.1) is 4.36 Å². The van der Waals surface area contributed by atoms with Crippen molar-refractivity contribution < 1.29 is 0 Å². The fourth-order valence-corrected chi connectivity index (χ4v) is 0.179. The van der Waals surface area contributed by atoms with E-state index in [0.29, 0.717) is 9.94 Å². The van der Waals surface area contributed by atoms with Gasteiger partial charge in [-0.25, -0.2) is 0 Å². The monoisotopic (exact) mass is 135 g/mol. The van der Waals surface area contributed by atoms with Gasteiger partial charge >= 0.3 is 0 Å². The van der Waals surface area contributed by atoms with Gasteiger partial charge in [0.1, 0.15) is 0 Å². The van der Waals surface area contributed by atoms with Gasteiger partial charge in [0, 0.05) is 6.21 Å². The number of thiol groups is 1. The molecule has 0 aromatic rings. The number of halogens is 1. The molecule has 0 spiro atoms. The van der Waals surface area contributed by atoms with Crippen molar-refractivity contribution in [1.29, 1.82) is 5.41 Å². The summed E-state index contributed by atoms with van der Waals surface area (Å²) in [6.45, 7) is 1.72. The van der Waals surface area contributed by atoms with Gasteiger partial charge < -0.3 is 5.41 Å². The summed E-state index contributed by atoms with van der Waals surface area (Å²) in [4.78, 5) is 0. The zero-order valence-corrected chi connectivity index (χ0v) is 5.55. The minimum absolute atomic E-state index is 0.384. The predicted molar refractivity (Wildman–Crippen MR) is 36.3 cm³/mol. The van der Waals surface area contributed by atoms with Gasteiger partial charge in [-0.2, -0.15) is 0 Å². The second-order valence-corrected chi connectivity index (χ2v) is 2.21. The van der Waals surface area contributed by atoms with Gasteiger partial charge in [-0.3, -0.25) is 0 Å². The molecule has 0 amide bonds. The number of allylic oxidation sites excluding steroid dienone is 1. The first-order valence-corrected chi connectivity index (χ1v) is 2.57. The lowest BCUT2D eigenvalue weighted by atomic mass is 10.4. The van der Waals surface area contributed by atoms with Crippen molar-refractivity contribution in [2.24, 2.45) is 0 Å². The molecule has 0 saturated carbocycles. The van der Waals surface area contributed by atoms with Crippen LogP contribution in [0.3, 0.4) is 0 Å². The van der Waals surface area contributed by atoms with Crippen molar-refractivity contribution in [1.82, 2.24) is 0 Å². The third-order valence-corrected chi connectivity index (χ3v) is 1.19. The van der Waals surface area contributed by atoms with Crippen LogP contribution >= 0.6 is 24.2 Å². The predicted octanol–water partition coefficient (Wildman–Crippen LogP) is 2.04. The van der Waals surface area contributed by atoms with Crippen LogP contribution in [0.1, 0.15) is 6.92 Å². The van der Waals surface area contributed by atoms with Crippen molar-refractivity contribution in [2.45, 2.75) is 6.92 Å². The van der Waals surface area contributed by atoms with Crippen LogP contribution < -0.4 is 0 Å². The third-order valence-electron chi connectivity index (χ3n) is 0.542. The average Bonchev–Trinajstić information content (AvgIpc) is 1.65. The first-order valence-electron chi connectivity index (χ1n) is 1.74.